The smallest absolute Gasteiger partial charge is 0.253 e. The Morgan fingerprint density at radius 1 is 1.28 bits per heavy atom. The summed E-state index contributed by atoms with van der Waals surface area (Å²) in [7, 11) is 0. The minimum absolute atomic E-state index is 0.0662. The lowest BCUT2D eigenvalue weighted by atomic mass is 10.1. The average molecular weight is 489 g/mol. The third-order valence-electron chi connectivity index (χ3n) is 5.47. The molecule has 7 nitrogen and oxygen atoms in total. The molecule has 1 amide bonds. The highest BCUT2D eigenvalue weighted by Crippen LogP contribution is 2.27. The van der Waals surface area contributed by atoms with Crippen LogP contribution in [0.3, 0.4) is 0 Å². The van der Waals surface area contributed by atoms with Crippen LogP contribution in [0.25, 0.3) is 5.78 Å². The Morgan fingerprint density at radius 3 is 2.84 bits per heavy atom. The van der Waals surface area contributed by atoms with E-state index in [0.717, 1.165) is 45.5 Å². The van der Waals surface area contributed by atoms with Crippen molar-refractivity contribution < 1.29 is 4.79 Å². The van der Waals surface area contributed by atoms with Crippen LogP contribution < -0.4 is 0 Å². The summed E-state index contributed by atoms with van der Waals surface area (Å²) in [6.45, 7) is 6.61. The van der Waals surface area contributed by atoms with Gasteiger partial charge in [0.1, 0.15) is 0 Å². The predicted octanol–water partition coefficient (Wildman–Crippen LogP) is 5.01. The van der Waals surface area contributed by atoms with Crippen LogP contribution in [0.15, 0.2) is 28.3 Å². The number of carbonyl (C=O) groups is 1. The first-order valence-electron chi connectivity index (χ1n) is 10.4. The van der Waals surface area contributed by atoms with Crippen molar-refractivity contribution in [1.29, 1.82) is 0 Å². The van der Waals surface area contributed by atoms with Gasteiger partial charge in [0.2, 0.25) is 11.1 Å². The summed E-state index contributed by atoms with van der Waals surface area (Å²) in [5.41, 5.74) is 4.67. The van der Waals surface area contributed by atoms with E-state index in [9.17, 15) is 4.79 Å². The van der Waals surface area contributed by atoms with Crippen molar-refractivity contribution in [3.8, 4) is 0 Å². The van der Waals surface area contributed by atoms with Gasteiger partial charge in [0.25, 0.3) is 5.78 Å². The maximum atomic E-state index is 13.2. The van der Waals surface area contributed by atoms with Gasteiger partial charge in [0.05, 0.1) is 5.69 Å². The Morgan fingerprint density at radius 2 is 2.09 bits per heavy atom. The lowest BCUT2D eigenvalue weighted by Crippen LogP contribution is -2.39. The third kappa shape index (κ3) is 4.79. The number of carbonyl (C=O) groups excluding carboxylic acids is 1. The first-order chi connectivity index (χ1) is 15.4. The zero-order valence-corrected chi connectivity index (χ0v) is 20.9. The normalized spacial score (nSPS) is 15.7. The molecule has 32 heavy (non-hydrogen) atoms. The number of aliphatic imine (C=N–C) groups is 1. The number of benzene rings is 1. The van der Waals surface area contributed by atoms with Crippen molar-refractivity contribution in [3.05, 3.63) is 45.7 Å². The standard InChI is InChI=1S/C22H25ClN6OS2/c1-13-6-7-16(12-18(13)23)25-22-28(10-5-11-32-22)19(30)9-8-17-14(2)24-20-26-21(31-4)27-29(20)15(17)3/h6-7,12H,5,8-11H2,1-4H3. The molecule has 3 heterocycles. The Bertz CT molecular complexity index is 1210. The van der Waals surface area contributed by atoms with Crippen LogP contribution in [0.1, 0.15) is 35.4 Å². The second kappa shape index (κ2) is 9.80. The Balaban J connectivity index is 1.53. The fraction of sp³-hybridized carbons (Fsp3) is 0.409. The molecule has 3 aromatic rings. The van der Waals surface area contributed by atoms with Crippen LogP contribution in [-0.4, -0.2) is 54.1 Å². The summed E-state index contributed by atoms with van der Waals surface area (Å²) >= 11 is 9.36. The van der Waals surface area contributed by atoms with Gasteiger partial charge in [-0.1, -0.05) is 41.2 Å². The molecule has 0 saturated carbocycles. The summed E-state index contributed by atoms with van der Waals surface area (Å²) < 4.78 is 1.77. The molecule has 0 spiro atoms. The number of hydrogen-bond donors (Lipinski definition) is 0. The topological polar surface area (TPSA) is 75.8 Å². The predicted molar refractivity (Wildman–Crippen MR) is 132 cm³/mol. The molecule has 0 unspecified atom stereocenters. The van der Waals surface area contributed by atoms with Gasteiger partial charge in [0, 0.05) is 35.1 Å². The number of nitrogens with zero attached hydrogens (tertiary/aromatic N) is 6. The van der Waals surface area contributed by atoms with Gasteiger partial charge in [-0.15, -0.1) is 5.10 Å². The highest BCUT2D eigenvalue weighted by atomic mass is 35.5. The Labute approximate surface area is 201 Å². The van der Waals surface area contributed by atoms with Crippen molar-refractivity contribution in [2.75, 3.05) is 18.6 Å². The maximum absolute atomic E-state index is 13.2. The summed E-state index contributed by atoms with van der Waals surface area (Å²) in [5.74, 6) is 1.61. The molecule has 0 bridgehead atoms. The average Bonchev–Trinajstić information content (AvgIpc) is 3.19. The van der Waals surface area contributed by atoms with Gasteiger partial charge >= 0.3 is 0 Å². The largest absolute Gasteiger partial charge is 0.291 e. The van der Waals surface area contributed by atoms with E-state index in [0.29, 0.717) is 35.3 Å². The molecule has 1 aliphatic rings. The van der Waals surface area contributed by atoms with Crippen LogP contribution in [0.5, 0.6) is 0 Å². The second-order valence-corrected chi connectivity index (χ2v) is 9.89. The number of amidine groups is 1. The number of hydrogen-bond acceptors (Lipinski definition) is 7. The molecule has 168 valence electrons. The van der Waals surface area contributed by atoms with E-state index in [2.05, 4.69) is 15.1 Å². The van der Waals surface area contributed by atoms with Gasteiger partial charge < -0.3 is 0 Å². The SMILES string of the molecule is CSc1nc2nc(C)c(CCC(=O)N3CCCSC3=Nc3ccc(C)c(Cl)c3)c(C)n2n1. The highest BCUT2D eigenvalue weighted by Gasteiger charge is 2.24. The van der Waals surface area contributed by atoms with Gasteiger partial charge in [-0.05, 0) is 63.1 Å². The van der Waals surface area contributed by atoms with E-state index < -0.39 is 0 Å². The van der Waals surface area contributed by atoms with Gasteiger partial charge in [-0.25, -0.2) is 14.5 Å². The fourth-order valence-corrected chi connectivity index (χ4v) is 5.14. The molecular formula is C22H25ClN6OS2. The first-order valence-corrected chi connectivity index (χ1v) is 13.0. The minimum Gasteiger partial charge on any atom is -0.291 e. The molecule has 1 saturated heterocycles. The number of halogens is 1. The number of rotatable bonds is 5. The summed E-state index contributed by atoms with van der Waals surface area (Å²) in [4.78, 5) is 28.7. The fourth-order valence-electron chi connectivity index (χ4n) is 3.65. The molecule has 0 aliphatic carbocycles. The van der Waals surface area contributed by atoms with Crippen molar-refractivity contribution in [1.82, 2.24) is 24.5 Å². The molecule has 1 fully saturated rings. The molecule has 1 aliphatic heterocycles. The van der Waals surface area contributed by atoms with E-state index in [-0.39, 0.29) is 5.91 Å². The monoisotopic (exact) mass is 488 g/mol. The summed E-state index contributed by atoms with van der Waals surface area (Å²) in [6.07, 6.45) is 3.87. The Hall–Kier alpha value is -2.10. The van der Waals surface area contributed by atoms with Crippen LogP contribution in [0, 0.1) is 20.8 Å². The molecule has 0 radical (unpaired) electrons. The lowest BCUT2D eigenvalue weighted by molar-refractivity contribution is -0.127. The van der Waals surface area contributed by atoms with E-state index in [1.54, 1.807) is 21.2 Å². The van der Waals surface area contributed by atoms with Crippen LogP contribution in [0.2, 0.25) is 5.02 Å². The second-order valence-electron chi connectivity index (χ2n) is 7.65. The van der Waals surface area contributed by atoms with Crippen molar-refractivity contribution in [3.63, 3.8) is 0 Å². The molecular weight excluding hydrogens is 464 g/mol. The molecule has 0 N–H and O–H groups in total. The van der Waals surface area contributed by atoms with E-state index in [1.165, 1.54) is 11.8 Å². The molecule has 0 atom stereocenters. The molecule has 10 heteroatoms. The maximum Gasteiger partial charge on any atom is 0.253 e. The van der Waals surface area contributed by atoms with Crippen molar-refractivity contribution in [2.24, 2.45) is 4.99 Å². The van der Waals surface area contributed by atoms with E-state index >= 15 is 0 Å². The van der Waals surface area contributed by atoms with E-state index in [4.69, 9.17) is 16.6 Å². The van der Waals surface area contributed by atoms with Crippen LogP contribution in [0.4, 0.5) is 5.69 Å². The van der Waals surface area contributed by atoms with Gasteiger partial charge in [-0.3, -0.25) is 9.69 Å². The van der Waals surface area contributed by atoms with Gasteiger partial charge in [-0.2, -0.15) is 4.98 Å². The number of amides is 1. The summed E-state index contributed by atoms with van der Waals surface area (Å²) in [5, 5.41) is 6.61. The van der Waals surface area contributed by atoms with Crippen molar-refractivity contribution >= 4 is 57.7 Å². The number of aromatic nitrogens is 4. The van der Waals surface area contributed by atoms with Gasteiger partial charge in [0.15, 0.2) is 5.17 Å². The highest BCUT2D eigenvalue weighted by molar-refractivity contribution is 8.13. The molecule has 1 aromatic carbocycles. The third-order valence-corrected chi connectivity index (χ3v) is 7.48. The zero-order valence-electron chi connectivity index (χ0n) is 18.6. The summed E-state index contributed by atoms with van der Waals surface area (Å²) in [6, 6.07) is 5.72. The lowest BCUT2D eigenvalue weighted by Gasteiger charge is -2.28. The van der Waals surface area contributed by atoms with E-state index in [1.807, 2.05) is 45.2 Å². The van der Waals surface area contributed by atoms with Crippen molar-refractivity contribution in [2.45, 2.75) is 45.2 Å². The zero-order chi connectivity index (χ0) is 22.8. The number of thioether (sulfide) groups is 2. The number of fused-ring (bicyclic) bond motifs is 1. The van der Waals surface area contributed by atoms with Crippen LogP contribution in [-0.2, 0) is 11.2 Å². The quantitative estimate of drug-likeness (QED) is 0.470. The first kappa shape index (κ1) is 23.1. The Kier molecular flexibility index (Phi) is 7.07. The number of aryl methyl sites for hydroxylation is 3. The minimum atomic E-state index is 0.0662. The molecule has 2 aromatic heterocycles. The van der Waals surface area contributed by atoms with Crippen LogP contribution >= 0.6 is 35.1 Å². The molecule has 4 rings (SSSR count).